The van der Waals surface area contributed by atoms with Crippen LogP contribution in [0.1, 0.15) is 17.7 Å². The van der Waals surface area contributed by atoms with Crippen LogP contribution in [0.15, 0.2) is 18.2 Å². The number of nitrogen functional groups attached to an aromatic ring is 1. The Morgan fingerprint density at radius 2 is 1.95 bits per heavy atom. The van der Waals surface area contributed by atoms with Crippen molar-refractivity contribution in [3.05, 3.63) is 29.5 Å². The van der Waals surface area contributed by atoms with Gasteiger partial charge in [-0.3, -0.25) is 0 Å². The third-order valence-corrected chi connectivity index (χ3v) is 2.82. The number of nitriles is 1. The minimum absolute atomic E-state index is 0.00736. The summed E-state index contributed by atoms with van der Waals surface area (Å²) >= 11 is 0. The molecule has 1 aromatic carbocycles. The average Bonchev–Trinajstić information content (AvgIpc) is 2.66. The van der Waals surface area contributed by atoms with Gasteiger partial charge < -0.3 is 10.3 Å². The molecule has 106 valence electrons. The summed E-state index contributed by atoms with van der Waals surface area (Å²) in [5, 5.41) is 8.93. The van der Waals surface area contributed by atoms with Crippen LogP contribution in [0.4, 0.5) is 27.6 Å². The molecule has 0 aliphatic heterocycles. The summed E-state index contributed by atoms with van der Waals surface area (Å²) in [6, 6.07) is 5.01. The van der Waals surface area contributed by atoms with E-state index in [-0.39, 0.29) is 22.2 Å². The number of benzene rings is 1. The molecule has 0 aliphatic carbocycles. The maximum atomic E-state index is 12.9. The van der Waals surface area contributed by atoms with Gasteiger partial charge in [0.1, 0.15) is 12.6 Å². The summed E-state index contributed by atoms with van der Waals surface area (Å²) < 4.78 is 63.7. The number of fused-ring (bicyclic) bond motifs is 1. The van der Waals surface area contributed by atoms with E-state index in [0.717, 1.165) is 6.07 Å². The molecule has 0 unspecified atom stereocenters. The van der Waals surface area contributed by atoms with E-state index in [9.17, 15) is 22.0 Å². The van der Waals surface area contributed by atoms with Gasteiger partial charge in [-0.05, 0) is 18.2 Å². The van der Waals surface area contributed by atoms with Gasteiger partial charge in [0.05, 0.1) is 22.5 Å². The van der Waals surface area contributed by atoms with Gasteiger partial charge in [0.25, 0.3) is 6.43 Å². The molecule has 2 aromatic rings. The molecular weight excluding hydrogens is 281 g/mol. The van der Waals surface area contributed by atoms with E-state index >= 15 is 0 Å². The first-order chi connectivity index (χ1) is 9.24. The van der Waals surface area contributed by atoms with Crippen LogP contribution in [0.3, 0.4) is 0 Å². The quantitative estimate of drug-likeness (QED) is 0.678. The second-order valence-electron chi connectivity index (χ2n) is 4.15. The number of anilines is 1. The standard InChI is InChI=1S/C12H8F5N3/c13-11(14)10-3-6-7(4-18)8(19)1-2-9(6)20(10)5-12(15,16)17/h1-3,11H,5,19H2. The molecule has 1 heterocycles. The monoisotopic (exact) mass is 289 g/mol. The van der Waals surface area contributed by atoms with Crippen molar-refractivity contribution in [2.45, 2.75) is 19.1 Å². The maximum Gasteiger partial charge on any atom is 0.406 e. The van der Waals surface area contributed by atoms with Crippen molar-refractivity contribution in [2.24, 2.45) is 0 Å². The molecule has 0 fully saturated rings. The van der Waals surface area contributed by atoms with Gasteiger partial charge in [-0.1, -0.05) is 0 Å². The fourth-order valence-corrected chi connectivity index (χ4v) is 2.03. The Kier molecular flexibility index (Phi) is 3.29. The number of aromatic nitrogens is 1. The molecule has 0 aliphatic rings. The third kappa shape index (κ3) is 2.39. The molecule has 0 amide bonds. The lowest BCUT2D eigenvalue weighted by Gasteiger charge is -2.13. The lowest BCUT2D eigenvalue weighted by Crippen LogP contribution is -2.19. The molecule has 0 atom stereocenters. The number of nitrogens with zero attached hydrogens (tertiary/aromatic N) is 2. The van der Waals surface area contributed by atoms with Crippen LogP contribution in [0.25, 0.3) is 10.9 Å². The fourth-order valence-electron chi connectivity index (χ4n) is 2.03. The van der Waals surface area contributed by atoms with Crippen LogP contribution >= 0.6 is 0 Å². The Hall–Kier alpha value is -2.30. The van der Waals surface area contributed by atoms with Crippen LogP contribution in [0.5, 0.6) is 0 Å². The molecule has 0 spiro atoms. The summed E-state index contributed by atoms with van der Waals surface area (Å²) in [5.74, 6) is 0. The second kappa shape index (κ2) is 4.67. The number of halogens is 5. The highest BCUT2D eigenvalue weighted by Gasteiger charge is 2.31. The maximum absolute atomic E-state index is 12.9. The van der Waals surface area contributed by atoms with Gasteiger partial charge in [-0.2, -0.15) is 18.4 Å². The molecular formula is C12H8F5N3. The van der Waals surface area contributed by atoms with E-state index in [1.165, 1.54) is 12.1 Å². The molecule has 20 heavy (non-hydrogen) atoms. The van der Waals surface area contributed by atoms with Gasteiger partial charge in [0.2, 0.25) is 0 Å². The van der Waals surface area contributed by atoms with Crippen LogP contribution < -0.4 is 5.73 Å². The minimum atomic E-state index is -4.65. The Bertz CT molecular complexity index is 694. The highest BCUT2D eigenvalue weighted by atomic mass is 19.4. The largest absolute Gasteiger partial charge is 0.406 e. The molecule has 8 heteroatoms. The van der Waals surface area contributed by atoms with Crippen molar-refractivity contribution in [1.29, 1.82) is 5.26 Å². The van der Waals surface area contributed by atoms with Gasteiger partial charge in [-0.25, -0.2) is 8.78 Å². The van der Waals surface area contributed by atoms with E-state index in [4.69, 9.17) is 11.0 Å². The van der Waals surface area contributed by atoms with E-state index in [1.807, 2.05) is 0 Å². The molecule has 1 aromatic heterocycles. The first-order valence-corrected chi connectivity index (χ1v) is 5.41. The third-order valence-electron chi connectivity index (χ3n) is 2.82. The lowest BCUT2D eigenvalue weighted by molar-refractivity contribution is -0.140. The van der Waals surface area contributed by atoms with Crippen molar-refractivity contribution in [1.82, 2.24) is 4.57 Å². The van der Waals surface area contributed by atoms with Crippen LogP contribution in [0.2, 0.25) is 0 Å². The number of hydrogen-bond acceptors (Lipinski definition) is 2. The van der Waals surface area contributed by atoms with Crippen LogP contribution in [0, 0.1) is 11.3 Å². The zero-order valence-electron chi connectivity index (χ0n) is 9.88. The summed E-state index contributed by atoms with van der Waals surface area (Å²) in [6.45, 7) is -1.55. The van der Waals surface area contributed by atoms with Crippen molar-refractivity contribution >= 4 is 16.6 Å². The van der Waals surface area contributed by atoms with Crippen molar-refractivity contribution in [3.8, 4) is 6.07 Å². The highest BCUT2D eigenvalue weighted by molar-refractivity contribution is 5.91. The zero-order chi connectivity index (χ0) is 15.1. The summed E-state index contributed by atoms with van der Waals surface area (Å²) in [7, 11) is 0. The fraction of sp³-hybridized carbons (Fsp3) is 0.250. The Balaban J connectivity index is 2.78. The lowest BCUT2D eigenvalue weighted by atomic mass is 10.1. The number of alkyl halides is 5. The smallest absolute Gasteiger partial charge is 0.398 e. The molecule has 2 rings (SSSR count). The number of rotatable bonds is 2. The topological polar surface area (TPSA) is 54.7 Å². The molecule has 0 saturated heterocycles. The van der Waals surface area contributed by atoms with Crippen LogP contribution in [-0.4, -0.2) is 10.7 Å². The van der Waals surface area contributed by atoms with Gasteiger partial charge in [0, 0.05) is 5.39 Å². The minimum Gasteiger partial charge on any atom is -0.398 e. The SMILES string of the molecule is N#Cc1c(N)ccc2c1cc(C(F)F)n2CC(F)(F)F. The van der Waals surface area contributed by atoms with Crippen LogP contribution in [-0.2, 0) is 6.54 Å². The first-order valence-electron chi connectivity index (χ1n) is 5.41. The van der Waals surface area contributed by atoms with Gasteiger partial charge in [-0.15, -0.1) is 0 Å². The highest BCUT2D eigenvalue weighted by Crippen LogP contribution is 2.33. The first kappa shape index (κ1) is 14.1. The molecule has 0 radical (unpaired) electrons. The summed E-state index contributed by atoms with van der Waals surface area (Å²) in [6.07, 6.45) is -7.73. The summed E-state index contributed by atoms with van der Waals surface area (Å²) in [4.78, 5) is 0. The predicted octanol–water partition coefficient (Wildman–Crippen LogP) is 3.60. The van der Waals surface area contributed by atoms with Crippen molar-refractivity contribution in [2.75, 3.05) is 5.73 Å². The number of hydrogen-bond donors (Lipinski definition) is 1. The van der Waals surface area contributed by atoms with Gasteiger partial charge >= 0.3 is 6.18 Å². The van der Waals surface area contributed by atoms with Gasteiger partial charge in [0.15, 0.2) is 0 Å². The Morgan fingerprint density at radius 1 is 1.30 bits per heavy atom. The number of nitrogens with two attached hydrogens (primary N) is 1. The van der Waals surface area contributed by atoms with E-state index in [0.29, 0.717) is 4.57 Å². The van der Waals surface area contributed by atoms with Crippen molar-refractivity contribution in [3.63, 3.8) is 0 Å². The molecule has 0 saturated carbocycles. The molecule has 2 N–H and O–H groups in total. The second-order valence-corrected chi connectivity index (χ2v) is 4.15. The van der Waals surface area contributed by atoms with E-state index in [2.05, 4.69) is 0 Å². The summed E-state index contributed by atoms with van der Waals surface area (Å²) in [5.41, 5.74) is 4.56. The van der Waals surface area contributed by atoms with E-state index < -0.39 is 24.8 Å². The normalized spacial score (nSPS) is 12.1. The van der Waals surface area contributed by atoms with E-state index in [1.54, 1.807) is 6.07 Å². The zero-order valence-corrected chi connectivity index (χ0v) is 9.88. The Morgan fingerprint density at radius 3 is 2.45 bits per heavy atom. The van der Waals surface area contributed by atoms with Crippen molar-refractivity contribution < 1.29 is 22.0 Å². The molecule has 3 nitrogen and oxygen atoms in total. The molecule has 0 bridgehead atoms. The predicted molar refractivity (Wildman–Crippen MR) is 62.1 cm³/mol. The Labute approximate surface area is 110 Å². The average molecular weight is 289 g/mol.